The number of nitriles is 1. The Balaban J connectivity index is 2.57. The lowest BCUT2D eigenvalue weighted by Gasteiger charge is -2.35. The number of hydrogen-bond acceptors (Lipinski definition) is 4. The van der Waals surface area contributed by atoms with Gasteiger partial charge in [0.25, 0.3) is 0 Å². The van der Waals surface area contributed by atoms with Gasteiger partial charge in [0.2, 0.25) is 0 Å². The minimum absolute atomic E-state index is 0.0968. The molecule has 0 saturated heterocycles. The van der Waals surface area contributed by atoms with Crippen molar-refractivity contribution in [3.05, 3.63) is 23.8 Å². The van der Waals surface area contributed by atoms with Crippen LogP contribution in [0.1, 0.15) is 18.4 Å². The lowest BCUT2D eigenvalue weighted by Crippen LogP contribution is -2.40. The van der Waals surface area contributed by atoms with E-state index in [0.29, 0.717) is 17.1 Å². The Hall–Kier alpha value is -2.02. The van der Waals surface area contributed by atoms with E-state index in [9.17, 15) is 10.1 Å². The summed E-state index contributed by atoms with van der Waals surface area (Å²) in [5, 5.41) is 9.33. The highest BCUT2D eigenvalue weighted by atomic mass is 16.5. The van der Waals surface area contributed by atoms with Crippen molar-refractivity contribution in [2.45, 2.75) is 18.3 Å². The molecule has 0 atom stereocenters. The average molecular weight is 231 g/mol. The van der Waals surface area contributed by atoms with E-state index in [1.807, 2.05) is 0 Å². The van der Waals surface area contributed by atoms with Crippen LogP contribution in [0.5, 0.6) is 11.5 Å². The highest BCUT2D eigenvalue weighted by Crippen LogP contribution is 2.48. The van der Waals surface area contributed by atoms with Gasteiger partial charge in [0.05, 0.1) is 25.9 Å². The number of benzene rings is 1. The van der Waals surface area contributed by atoms with Gasteiger partial charge in [-0.2, -0.15) is 5.26 Å². The monoisotopic (exact) mass is 231 g/mol. The lowest BCUT2D eigenvalue weighted by molar-refractivity contribution is -0.126. The number of ketones is 1. The fourth-order valence-corrected chi connectivity index (χ4v) is 2.26. The summed E-state index contributed by atoms with van der Waals surface area (Å²) >= 11 is 0. The minimum Gasteiger partial charge on any atom is -0.496 e. The number of methoxy groups -OCH3 is 2. The van der Waals surface area contributed by atoms with E-state index in [0.717, 1.165) is 0 Å². The minimum atomic E-state index is -0.783. The Morgan fingerprint density at radius 3 is 2.12 bits per heavy atom. The zero-order valence-corrected chi connectivity index (χ0v) is 9.82. The van der Waals surface area contributed by atoms with E-state index in [1.54, 1.807) is 32.4 Å². The zero-order chi connectivity index (χ0) is 12.5. The summed E-state index contributed by atoms with van der Waals surface area (Å²) in [6.45, 7) is 0. The van der Waals surface area contributed by atoms with Gasteiger partial charge in [-0.3, -0.25) is 4.79 Å². The Bertz CT molecular complexity index is 472. The number of carbonyl (C=O) groups is 1. The molecule has 0 amide bonds. The molecule has 1 aliphatic rings. The van der Waals surface area contributed by atoms with Crippen molar-refractivity contribution in [3.8, 4) is 17.6 Å². The first-order valence-corrected chi connectivity index (χ1v) is 5.31. The molecule has 0 bridgehead atoms. The Morgan fingerprint density at radius 1 is 1.24 bits per heavy atom. The van der Waals surface area contributed by atoms with Crippen molar-refractivity contribution >= 4 is 5.78 Å². The van der Waals surface area contributed by atoms with Crippen LogP contribution in [-0.2, 0) is 10.2 Å². The molecule has 1 aliphatic carbocycles. The normalized spacial score (nSPS) is 16.9. The van der Waals surface area contributed by atoms with Crippen LogP contribution in [0, 0.1) is 11.3 Å². The molecular weight excluding hydrogens is 218 g/mol. The molecule has 0 radical (unpaired) electrons. The lowest BCUT2D eigenvalue weighted by atomic mass is 9.64. The molecule has 0 heterocycles. The molecule has 0 spiro atoms. The second-order valence-electron chi connectivity index (χ2n) is 4.12. The third-order valence-electron chi connectivity index (χ3n) is 3.12. The maximum atomic E-state index is 11.2. The van der Waals surface area contributed by atoms with Gasteiger partial charge >= 0.3 is 0 Å². The third kappa shape index (κ3) is 1.64. The predicted octanol–water partition coefficient (Wildman–Crippen LogP) is 1.83. The summed E-state index contributed by atoms with van der Waals surface area (Å²) in [5.41, 5.74) is -0.0956. The van der Waals surface area contributed by atoms with Crippen LogP contribution in [0.3, 0.4) is 0 Å². The first-order chi connectivity index (χ1) is 8.16. The fraction of sp³-hybridized carbons (Fsp3) is 0.385. The predicted molar refractivity (Wildman–Crippen MR) is 61.1 cm³/mol. The van der Waals surface area contributed by atoms with Crippen LogP contribution in [0.4, 0.5) is 0 Å². The molecular formula is C13H13NO3. The fourth-order valence-electron chi connectivity index (χ4n) is 2.26. The van der Waals surface area contributed by atoms with E-state index >= 15 is 0 Å². The van der Waals surface area contributed by atoms with E-state index in [2.05, 4.69) is 6.07 Å². The quantitative estimate of drug-likeness (QED) is 0.796. The van der Waals surface area contributed by atoms with Crippen LogP contribution in [0.2, 0.25) is 0 Å². The maximum Gasteiger partial charge on any atom is 0.136 e. The summed E-state index contributed by atoms with van der Waals surface area (Å²) in [7, 11) is 3.09. The van der Waals surface area contributed by atoms with Gasteiger partial charge in [0, 0.05) is 12.8 Å². The highest BCUT2D eigenvalue weighted by Gasteiger charge is 2.49. The van der Waals surface area contributed by atoms with Gasteiger partial charge in [-0.05, 0) is 12.1 Å². The van der Waals surface area contributed by atoms with Crippen LogP contribution < -0.4 is 9.47 Å². The molecule has 0 N–H and O–H groups in total. The van der Waals surface area contributed by atoms with Crippen molar-refractivity contribution in [1.29, 1.82) is 5.26 Å². The van der Waals surface area contributed by atoms with Gasteiger partial charge in [-0.25, -0.2) is 0 Å². The van der Waals surface area contributed by atoms with E-state index < -0.39 is 5.41 Å². The van der Waals surface area contributed by atoms with Crippen molar-refractivity contribution in [2.75, 3.05) is 14.2 Å². The Morgan fingerprint density at radius 2 is 1.76 bits per heavy atom. The van der Waals surface area contributed by atoms with Gasteiger partial charge in [0.1, 0.15) is 22.7 Å². The maximum absolute atomic E-state index is 11.2. The van der Waals surface area contributed by atoms with E-state index in [-0.39, 0.29) is 18.6 Å². The molecule has 2 rings (SSSR count). The third-order valence-corrected chi connectivity index (χ3v) is 3.12. The summed E-state index contributed by atoms with van der Waals surface area (Å²) < 4.78 is 10.5. The van der Waals surface area contributed by atoms with Gasteiger partial charge < -0.3 is 9.47 Å². The molecule has 4 nitrogen and oxygen atoms in total. The summed E-state index contributed by atoms with van der Waals surface area (Å²) in [4.78, 5) is 11.2. The van der Waals surface area contributed by atoms with Crippen molar-refractivity contribution < 1.29 is 14.3 Å². The number of rotatable bonds is 3. The molecule has 17 heavy (non-hydrogen) atoms. The zero-order valence-electron chi connectivity index (χ0n) is 9.82. The molecule has 0 aromatic heterocycles. The summed E-state index contributed by atoms with van der Waals surface area (Å²) in [6.07, 6.45) is 0.473. The molecule has 1 aromatic rings. The van der Waals surface area contributed by atoms with Crippen LogP contribution in [-0.4, -0.2) is 20.0 Å². The largest absolute Gasteiger partial charge is 0.496 e. The first kappa shape index (κ1) is 11.5. The van der Waals surface area contributed by atoms with Gasteiger partial charge in [0.15, 0.2) is 0 Å². The molecule has 0 aliphatic heterocycles. The number of ether oxygens (including phenoxy) is 2. The molecule has 1 aromatic carbocycles. The Labute approximate surface area is 99.8 Å². The van der Waals surface area contributed by atoms with Gasteiger partial charge in [-0.1, -0.05) is 6.07 Å². The summed E-state index contributed by atoms with van der Waals surface area (Å²) in [5.74, 6) is 1.29. The number of carbonyl (C=O) groups excluding carboxylic acids is 1. The first-order valence-electron chi connectivity index (χ1n) is 5.31. The second-order valence-corrected chi connectivity index (χ2v) is 4.12. The molecule has 88 valence electrons. The average Bonchev–Trinajstić information content (AvgIpc) is 2.33. The topological polar surface area (TPSA) is 59.3 Å². The van der Waals surface area contributed by atoms with Crippen LogP contribution in [0.25, 0.3) is 0 Å². The van der Waals surface area contributed by atoms with Crippen molar-refractivity contribution in [2.24, 2.45) is 0 Å². The smallest absolute Gasteiger partial charge is 0.136 e. The Kier molecular flexibility index (Phi) is 2.76. The number of Topliss-reactive ketones (excluding diaryl/α,β-unsaturated/α-hetero) is 1. The van der Waals surface area contributed by atoms with Crippen molar-refractivity contribution in [3.63, 3.8) is 0 Å². The molecule has 1 fully saturated rings. The van der Waals surface area contributed by atoms with Crippen LogP contribution in [0.15, 0.2) is 18.2 Å². The van der Waals surface area contributed by atoms with Gasteiger partial charge in [-0.15, -0.1) is 0 Å². The van der Waals surface area contributed by atoms with E-state index in [4.69, 9.17) is 9.47 Å². The SMILES string of the molecule is COc1cccc(OC)c1C1(C#N)CC(=O)C1. The van der Waals surface area contributed by atoms with E-state index in [1.165, 1.54) is 0 Å². The highest BCUT2D eigenvalue weighted by molar-refractivity contribution is 5.91. The number of nitrogens with zero attached hydrogens (tertiary/aromatic N) is 1. The molecule has 0 unspecified atom stereocenters. The molecule has 1 saturated carbocycles. The van der Waals surface area contributed by atoms with Crippen molar-refractivity contribution in [1.82, 2.24) is 0 Å². The molecule has 4 heteroatoms. The number of hydrogen-bond donors (Lipinski definition) is 0. The standard InChI is InChI=1S/C13H13NO3/c1-16-10-4-3-5-11(17-2)12(10)13(8-14)6-9(15)7-13/h3-5H,6-7H2,1-2H3. The summed E-state index contributed by atoms with van der Waals surface area (Å²) in [6, 6.07) is 7.58. The van der Waals surface area contributed by atoms with Crippen LogP contribution >= 0.6 is 0 Å². The second kappa shape index (κ2) is 4.10.